The molecule has 0 saturated carbocycles. The van der Waals surface area contributed by atoms with E-state index in [-0.39, 0.29) is 24.7 Å². The number of pyridine rings is 1. The predicted octanol–water partition coefficient (Wildman–Crippen LogP) is 2.11. The Labute approximate surface area is 128 Å². The molecule has 0 aliphatic rings. The molecule has 1 unspecified atom stereocenters. The van der Waals surface area contributed by atoms with Crippen LogP contribution in [0, 0.1) is 5.92 Å². The Hall–Kier alpha value is -2.37. The first-order chi connectivity index (χ1) is 10.3. The molecule has 0 aliphatic carbocycles. The van der Waals surface area contributed by atoms with E-state index in [0.29, 0.717) is 0 Å². The second-order valence-corrected chi connectivity index (χ2v) is 6.08. The molecule has 0 aliphatic heterocycles. The van der Waals surface area contributed by atoms with Crippen LogP contribution in [0.1, 0.15) is 32.8 Å². The zero-order valence-electron chi connectivity index (χ0n) is 13.0. The van der Waals surface area contributed by atoms with E-state index in [2.05, 4.69) is 15.3 Å². The van der Waals surface area contributed by atoms with Crippen LogP contribution in [0.25, 0.3) is 11.0 Å². The van der Waals surface area contributed by atoms with Crippen molar-refractivity contribution in [2.45, 2.75) is 39.2 Å². The molecule has 0 radical (unpaired) electrons. The largest absolute Gasteiger partial charge is 0.481 e. The normalized spacial score (nSPS) is 14.0. The molecule has 2 aromatic rings. The first-order valence-corrected chi connectivity index (χ1v) is 7.25. The number of aliphatic carboxylic acids is 1. The van der Waals surface area contributed by atoms with E-state index >= 15 is 0 Å². The Morgan fingerprint density at radius 1 is 1.45 bits per heavy atom. The second-order valence-electron chi connectivity index (χ2n) is 6.08. The Morgan fingerprint density at radius 2 is 2.18 bits per heavy atom. The van der Waals surface area contributed by atoms with E-state index in [1.54, 1.807) is 19.3 Å². The number of carboxylic acid groups (broad SMARTS) is 1. The summed E-state index contributed by atoms with van der Waals surface area (Å²) in [6.07, 6.45) is 3.53. The van der Waals surface area contributed by atoms with Gasteiger partial charge in [0.25, 0.3) is 0 Å². The summed E-state index contributed by atoms with van der Waals surface area (Å²) >= 11 is 0. The highest BCUT2D eigenvalue weighted by molar-refractivity contribution is 5.87. The van der Waals surface area contributed by atoms with Gasteiger partial charge in [-0.1, -0.05) is 13.8 Å². The number of hydrogen-bond donors (Lipinski definition) is 3. The highest BCUT2D eigenvalue weighted by Gasteiger charge is 2.32. The lowest BCUT2D eigenvalue weighted by atomic mass is 9.85. The third-order valence-electron chi connectivity index (χ3n) is 4.11. The Morgan fingerprint density at radius 3 is 2.82 bits per heavy atom. The van der Waals surface area contributed by atoms with Crippen LogP contribution in [0.4, 0.5) is 0 Å². The third kappa shape index (κ3) is 3.44. The number of nitrogens with zero attached hydrogens (tertiary/aromatic N) is 1. The summed E-state index contributed by atoms with van der Waals surface area (Å²) < 4.78 is 0. The SMILES string of the molecule is CC(C)C(C)(CC(=O)O)NC(=O)Cc1c[nH]c2ncccc12. The van der Waals surface area contributed by atoms with Gasteiger partial charge in [-0.2, -0.15) is 0 Å². The van der Waals surface area contributed by atoms with Crippen molar-refractivity contribution in [3.8, 4) is 0 Å². The number of aromatic nitrogens is 2. The smallest absolute Gasteiger partial charge is 0.305 e. The highest BCUT2D eigenvalue weighted by Crippen LogP contribution is 2.22. The minimum absolute atomic E-state index is 0.0113. The van der Waals surface area contributed by atoms with Gasteiger partial charge in [-0.15, -0.1) is 0 Å². The van der Waals surface area contributed by atoms with Crippen LogP contribution >= 0.6 is 0 Å². The first kappa shape index (κ1) is 16.0. The maximum Gasteiger partial charge on any atom is 0.305 e. The number of amides is 1. The lowest BCUT2D eigenvalue weighted by Gasteiger charge is -2.33. The molecule has 1 amide bonds. The maximum atomic E-state index is 12.3. The lowest BCUT2D eigenvalue weighted by Crippen LogP contribution is -2.51. The summed E-state index contributed by atoms with van der Waals surface area (Å²) in [7, 11) is 0. The van der Waals surface area contributed by atoms with Gasteiger partial charge in [0, 0.05) is 23.3 Å². The summed E-state index contributed by atoms with van der Waals surface area (Å²) in [6.45, 7) is 5.57. The molecule has 2 rings (SSSR count). The molecule has 1 atom stereocenters. The number of aromatic amines is 1. The number of carboxylic acids is 1. The van der Waals surface area contributed by atoms with Crippen LogP contribution < -0.4 is 5.32 Å². The molecular weight excluding hydrogens is 282 g/mol. The van der Waals surface area contributed by atoms with Gasteiger partial charge in [0.1, 0.15) is 5.65 Å². The second kappa shape index (κ2) is 6.17. The third-order valence-corrected chi connectivity index (χ3v) is 4.11. The standard InChI is InChI=1S/C16H21N3O3/c1-10(2)16(3,8-14(21)22)19-13(20)7-11-9-18-15-12(11)5-4-6-17-15/h4-6,9-10H,7-8H2,1-3H3,(H,17,18)(H,19,20)(H,21,22). The molecule has 0 fully saturated rings. The average Bonchev–Trinajstić information content (AvgIpc) is 2.81. The van der Waals surface area contributed by atoms with Crippen LogP contribution in [0.5, 0.6) is 0 Å². The number of carbonyl (C=O) groups is 2. The van der Waals surface area contributed by atoms with Gasteiger partial charge in [0.15, 0.2) is 0 Å². The van der Waals surface area contributed by atoms with Gasteiger partial charge in [-0.3, -0.25) is 9.59 Å². The number of fused-ring (bicyclic) bond motifs is 1. The van der Waals surface area contributed by atoms with Crippen molar-refractivity contribution >= 4 is 22.9 Å². The van der Waals surface area contributed by atoms with E-state index in [4.69, 9.17) is 5.11 Å². The molecule has 6 nitrogen and oxygen atoms in total. The highest BCUT2D eigenvalue weighted by atomic mass is 16.4. The van der Waals surface area contributed by atoms with Crippen molar-refractivity contribution in [3.63, 3.8) is 0 Å². The van der Waals surface area contributed by atoms with Gasteiger partial charge >= 0.3 is 5.97 Å². The Bertz CT molecular complexity index is 693. The van der Waals surface area contributed by atoms with E-state index in [0.717, 1.165) is 16.6 Å². The quantitative estimate of drug-likeness (QED) is 0.761. The van der Waals surface area contributed by atoms with Crippen molar-refractivity contribution in [2.24, 2.45) is 5.92 Å². The number of nitrogens with one attached hydrogen (secondary N) is 2. The summed E-state index contributed by atoms with van der Waals surface area (Å²) in [5.41, 5.74) is 0.817. The Kier molecular flexibility index (Phi) is 4.49. The number of hydrogen-bond acceptors (Lipinski definition) is 3. The fourth-order valence-electron chi connectivity index (χ4n) is 2.40. The minimum atomic E-state index is -0.923. The van der Waals surface area contributed by atoms with Gasteiger partial charge in [0.2, 0.25) is 5.91 Å². The van der Waals surface area contributed by atoms with E-state index in [9.17, 15) is 9.59 Å². The molecule has 0 saturated heterocycles. The molecule has 22 heavy (non-hydrogen) atoms. The van der Waals surface area contributed by atoms with Crippen molar-refractivity contribution in [1.82, 2.24) is 15.3 Å². The van der Waals surface area contributed by atoms with Gasteiger partial charge in [0.05, 0.1) is 12.8 Å². The van der Waals surface area contributed by atoms with Crippen LogP contribution in [-0.4, -0.2) is 32.5 Å². The predicted molar refractivity (Wildman–Crippen MR) is 83.4 cm³/mol. The zero-order chi connectivity index (χ0) is 16.3. The van der Waals surface area contributed by atoms with Gasteiger partial charge < -0.3 is 15.4 Å². The van der Waals surface area contributed by atoms with Crippen molar-refractivity contribution in [3.05, 3.63) is 30.1 Å². The summed E-state index contributed by atoms with van der Waals surface area (Å²) in [5.74, 6) is -1.10. The summed E-state index contributed by atoms with van der Waals surface area (Å²) in [5, 5.41) is 12.8. The van der Waals surface area contributed by atoms with Crippen molar-refractivity contribution in [1.29, 1.82) is 0 Å². The van der Waals surface area contributed by atoms with Gasteiger partial charge in [-0.05, 0) is 30.5 Å². The number of rotatable bonds is 6. The fraction of sp³-hybridized carbons (Fsp3) is 0.438. The topological polar surface area (TPSA) is 95.1 Å². The molecule has 0 aromatic carbocycles. The first-order valence-electron chi connectivity index (χ1n) is 7.25. The van der Waals surface area contributed by atoms with Gasteiger partial charge in [-0.25, -0.2) is 4.98 Å². The molecular formula is C16H21N3O3. The van der Waals surface area contributed by atoms with Crippen LogP contribution in [0.3, 0.4) is 0 Å². The van der Waals surface area contributed by atoms with Crippen LogP contribution in [0.2, 0.25) is 0 Å². The van der Waals surface area contributed by atoms with Crippen molar-refractivity contribution in [2.75, 3.05) is 0 Å². The Balaban J connectivity index is 2.13. The minimum Gasteiger partial charge on any atom is -0.481 e. The molecule has 2 heterocycles. The molecule has 0 bridgehead atoms. The maximum absolute atomic E-state index is 12.3. The number of H-pyrrole nitrogens is 1. The molecule has 6 heteroatoms. The van der Waals surface area contributed by atoms with E-state index < -0.39 is 11.5 Å². The lowest BCUT2D eigenvalue weighted by molar-refractivity contribution is -0.139. The van der Waals surface area contributed by atoms with Crippen LogP contribution in [-0.2, 0) is 16.0 Å². The molecule has 0 spiro atoms. The molecule has 3 N–H and O–H groups in total. The monoisotopic (exact) mass is 303 g/mol. The summed E-state index contributed by atoms with van der Waals surface area (Å²) in [4.78, 5) is 30.6. The number of carbonyl (C=O) groups excluding carboxylic acids is 1. The fourth-order valence-corrected chi connectivity index (χ4v) is 2.40. The molecule has 118 valence electrons. The van der Waals surface area contributed by atoms with Crippen molar-refractivity contribution < 1.29 is 14.7 Å². The average molecular weight is 303 g/mol. The summed E-state index contributed by atoms with van der Waals surface area (Å²) in [6, 6.07) is 3.72. The van der Waals surface area contributed by atoms with E-state index in [1.807, 2.05) is 26.0 Å². The zero-order valence-corrected chi connectivity index (χ0v) is 13.0. The van der Waals surface area contributed by atoms with Crippen LogP contribution in [0.15, 0.2) is 24.5 Å². The van der Waals surface area contributed by atoms with E-state index in [1.165, 1.54) is 0 Å². The molecule has 2 aromatic heterocycles.